The summed E-state index contributed by atoms with van der Waals surface area (Å²) in [6, 6.07) is -1.02. The summed E-state index contributed by atoms with van der Waals surface area (Å²) in [4.78, 5) is 26.5. The van der Waals surface area contributed by atoms with Crippen molar-refractivity contribution in [1.29, 1.82) is 0 Å². The molecule has 1 saturated heterocycles. The summed E-state index contributed by atoms with van der Waals surface area (Å²) >= 11 is 0. The van der Waals surface area contributed by atoms with E-state index < -0.39 is 67.4 Å². The highest BCUT2D eigenvalue weighted by molar-refractivity contribution is 5.80. The van der Waals surface area contributed by atoms with Crippen LogP contribution >= 0.6 is 0 Å². The van der Waals surface area contributed by atoms with Crippen molar-refractivity contribution >= 4 is 11.9 Å². The lowest BCUT2D eigenvalue weighted by molar-refractivity contribution is -0.305. The topological polar surface area (TPSA) is 175 Å². The van der Waals surface area contributed by atoms with E-state index in [1.165, 1.54) is 205 Å². The Morgan fingerprint density at radius 3 is 1.29 bits per heavy atom. The second-order valence-electron chi connectivity index (χ2n) is 22.5. The number of hydrogen-bond donors (Lipinski definition) is 6. The molecule has 1 heterocycles. The average molecular weight is 1060 g/mol. The molecule has 0 aliphatic carbocycles. The van der Waals surface area contributed by atoms with E-state index in [0.717, 1.165) is 57.8 Å². The van der Waals surface area contributed by atoms with Crippen LogP contribution in [-0.4, -0.2) is 99.6 Å². The Morgan fingerprint density at radius 2 is 0.880 bits per heavy atom. The van der Waals surface area contributed by atoms with Gasteiger partial charge < -0.3 is 45.1 Å². The van der Waals surface area contributed by atoms with E-state index >= 15 is 0 Å². The Kier molecular flexibility index (Phi) is 50.1. The summed E-state index contributed by atoms with van der Waals surface area (Å²) in [6.45, 7) is 5.81. The molecule has 0 aromatic heterocycles. The Bertz CT molecular complexity index is 1310. The van der Waals surface area contributed by atoms with E-state index in [1.54, 1.807) is 6.08 Å². The molecule has 0 spiro atoms. The van der Waals surface area contributed by atoms with Gasteiger partial charge in [0, 0.05) is 6.42 Å². The van der Waals surface area contributed by atoms with E-state index in [4.69, 9.17) is 14.2 Å². The summed E-state index contributed by atoms with van der Waals surface area (Å²) < 4.78 is 17.6. The first-order valence-electron chi connectivity index (χ1n) is 32.1. The number of unbranched alkanes of at least 4 members (excludes halogenated alkanes) is 39. The largest absolute Gasteiger partial charge is 0.454 e. The molecule has 0 bridgehead atoms. The zero-order valence-electron chi connectivity index (χ0n) is 48.9. The van der Waals surface area contributed by atoms with Crippen molar-refractivity contribution in [3.8, 4) is 0 Å². The van der Waals surface area contributed by atoms with Crippen LogP contribution in [0.4, 0.5) is 0 Å². The number of hydrogen-bond acceptors (Lipinski definition) is 10. The fourth-order valence-corrected chi connectivity index (χ4v) is 10.2. The Balaban J connectivity index is 2.61. The van der Waals surface area contributed by atoms with E-state index in [1.807, 2.05) is 6.08 Å². The lowest BCUT2D eigenvalue weighted by Crippen LogP contribution is -2.61. The van der Waals surface area contributed by atoms with Crippen LogP contribution in [0.25, 0.3) is 0 Å². The van der Waals surface area contributed by atoms with Gasteiger partial charge in [0.1, 0.15) is 24.4 Å². The van der Waals surface area contributed by atoms with Crippen LogP contribution in [0.2, 0.25) is 0 Å². The standard InChI is InChI=1S/C64H121NO10/c1-4-7-10-13-16-19-22-24-26-27-28-29-30-31-32-34-37-40-43-46-49-52-59(69)75-62-61(71)60(70)58(53-66)74-64(62)73-54-55(56(67)50-47-44-41-38-35-21-18-15-12-9-6-3)65-63(72)57(68)51-48-45-42-39-36-33-25-23-20-17-14-11-8-5-2/h24,26,47,50,55-58,60-62,64,66-68,70-71H,4-23,25,27-46,48-49,51-54H2,1-3H3,(H,65,72)/b26-24+,50-47+. The molecule has 6 N–H and O–H groups in total. The quantitative estimate of drug-likeness (QED) is 0.0195. The SMILES string of the molecule is CCCCCCCC/C=C/CCCCCCCCCCCCCC(=O)OC1C(OCC(NC(=O)C(O)CCCCCCCCCCCCCCCC)C(O)/C=C/CCCCCCCCCCC)OC(CO)C(O)C1O. The highest BCUT2D eigenvalue weighted by atomic mass is 16.7. The Labute approximate surface area is 461 Å². The van der Waals surface area contributed by atoms with E-state index in [-0.39, 0.29) is 13.0 Å². The first-order chi connectivity index (χ1) is 36.7. The number of esters is 1. The lowest BCUT2D eigenvalue weighted by Gasteiger charge is -2.41. The van der Waals surface area contributed by atoms with Gasteiger partial charge in [0.15, 0.2) is 12.4 Å². The van der Waals surface area contributed by atoms with Gasteiger partial charge in [-0.1, -0.05) is 276 Å². The number of carbonyl (C=O) groups is 2. The molecule has 11 nitrogen and oxygen atoms in total. The molecule has 1 aliphatic rings. The summed E-state index contributed by atoms with van der Waals surface area (Å²) in [5.41, 5.74) is 0. The van der Waals surface area contributed by atoms with Crippen molar-refractivity contribution in [1.82, 2.24) is 5.32 Å². The maximum atomic E-state index is 13.4. The van der Waals surface area contributed by atoms with Crippen LogP contribution in [0.1, 0.15) is 310 Å². The molecule has 0 aromatic rings. The van der Waals surface area contributed by atoms with Gasteiger partial charge >= 0.3 is 5.97 Å². The maximum absolute atomic E-state index is 13.4. The van der Waals surface area contributed by atoms with Gasteiger partial charge in [-0.2, -0.15) is 0 Å². The van der Waals surface area contributed by atoms with E-state index in [0.29, 0.717) is 19.3 Å². The first-order valence-corrected chi connectivity index (χ1v) is 32.1. The van der Waals surface area contributed by atoms with Gasteiger partial charge in [-0.25, -0.2) is 0 Å². The van der Waals surface area contributed by atoms with Crippen LogP contribution in [0, 0.1) is 0 Å². The van der Waals surface area contributed by atoms with Crippen molar-refractivity contribution in [3.05, 3.63) is 24.3 Å². The van der Waals surface area contributed by atoms with Crippen LogP contribution in [0.3, 0.4) is 0 Å². The monoisotopic (exact) mass is 1060 g/mol. The van der Waals surface area contributed by atoms with Crippen LogP contribution < -0.4 is 5.32 Å². The minimum atomic E-state index is -1.61. The minimum absolute atomic E-state index is 0.127. The molecule has 75 heavy (non-hydrogen) atoms. The molecule has 1 amide bonds. The Hall–Kier alpha value is -1.86. The van der Waals surface area contributed by atoms with Gasteiger partial charge in [-0.15, -0.1) is 0 Å². The number of ether oxygens (including phenoxy) is 3. The third kappa shape index (κ3) is 40.9. The normalized spacial score (nSPS) is 19.3. The maximum Gasteiger partial charge on any atom is 0.306 e. The van der Waals surface area contributed by atoms with Crippen molar-refractivity contribution in [2.24, 2.45) is 0 Å². The van der Waals surface area contributed by atoms with Gasteiger partial charge in [0.05, 0.1) is 25.4 Å². The van der Waals surface area contributed by atoms with Crippen LogP contribution in [0.15, 0.2) is 24.3 Å². The molecule has 0 aromatic carbocycles. The summed E-state index contributed by atoms with van der Waals surface area (Å²) in [5.74, 6) is -1.18. The van der Waals surface area contributed by atoms with Crippen molar-refractivity contribution in [2.75, 3.05) is 13.2 Å². The predicted molar refractivity (Wildman–Crippen MR) is 311 cm³/mol. The molecule has 442 valence electrons. The summed E-state index contributed by atoms with van der Waals surface area (Å²) in [7, 11) is 0. The zero-order chi connectivity index (χ0) is 54.7. The molecule has 8 atom stereocenters. The highest BCUT2D eigenvalue weighted by Gasteiger charge is 2.47. The summed E-state index contributed by atoms with van der Waals surface area (Å²) in [5, 5.41) is 57.0. The predicted octanol–water partition coefficient (Wildman–Crippen LogP) is 15.3. The number of rotatable bonds is 55. The number of carbonyl (C=O) groups excluding carboxylic acids is 2. The van der Waals surface area contributed by atoms with Gasteiger partial charge in [0.25, 0.3) is 0 Å². The average Bonchev–Trinajstić information content (AvgIpc) is 3.41. The molecule has 8 unspecified atom stereocenters. The smallest absolute Gasteiger partial charge is 0.306 e. The third-order valence-electron chi connectivity index (χ3n) is 15.4. The van der Waals surface area contributed by atoms with Crippen molar-refractivity contribution < 1.29 is 49.3 Å². The van der Waals surface area contributed by atoms with Gasteiger partial charge in [-0.3, -0.25) is 9.59 Å². The number of nitrogens with one attached hydrogen (secondary N) is 1. The van der Waals surface area contributed by atoms with Gasteiger partial charge in [0.2, 0.25) is 5.91 Å². The minimum Gasteiger partial charge on any atom is -0.454 e. The molecule has 1 fully saturated rings. The molecule has 1 rings (SSSR count). The van der Waals surface area contributed by atoms with Crippen molar-refractivity contribution in [3.63, 3.8) is 0 Å². The Morgan fingerprint density at radius 1 is 0.507 bits per heavy atom. The fraction of sp³-hybridized carbons (Fsp3) is 0.906. The molecule has 11 heteroatoms. The van der Waals surface area contributed by atoms with E-state index in [2.05, 4.69) is 38.2 Å². The van der Waals surface area contributed by atoms with Crippen LogP contribution in [-0.2, 0) is 23.8 Å². The van der Waals surface area contributed by atoms with Crippen molar-refractivity contribution in [2.45, 2.75) is 359 Å². The lowest BCUT2D eigenvalue weighted by atomic mass is 9.99. The molecule has 0 saturated carbocycles. The zero-order valence-corrected chi connectivity index (χ0v) is 48.9. The number of amides is 1. The molecule has 0 radical (unpaired) electrons. The molecular formula is C64H121NO10. The fourth-order valence-electron chi connectivity index (χ4n) is 10.2. The first kappa shape index (κ1) is 71.2. The second-order valence-corrected chi connectivity index (χ2v) is 22.5. The van der Waals surface area contributed by atoms with E-state index in [9.17, 15) is 35.1 Å². The highest BCUT2D eigenvalue weighted by Crippen LogP contribution is 2.26. The number of allylic oxidation sites excluding steroid dienone is 3. The molecular weight excluding hydrogens is 943 g/mol. The summed E-state index contributed by atoms with van der Waals surface area (Å²) in [6.07, 6.45) is 50.8. The number of aliphatic hydroxyl groups is 5. The molecule has 1 aliphatic heterocycles. The third-order valence-corrected chi connectivity index (χ3v) is 15.4. The van der Waals surface area contributed by atoms with Gasteiger partial charge in [-0.05, 0) is 51.4 Å². The second kappa shape index (κ2) is 52.8. The number of aliphatic hydroxyl groups excluding tert-OH is 5. The van der Waals surface area contributed by atoms with Crippen LogP contribution in [0.5, 0.6) is 0 Å².